The maximum absolute atomic E-state index is 5.88. The van der Waals surface area contributed by atoms with Crippen LogP contribution < -0.4 is 9.30 Å². The first-order valence-electron chi connectivity index (χ1n) is 7.30. The fourth-order valence-electron chi connectivity index (χ4n) is 2.23. The molecule has 0 spiro atoms. The number of hydrogen-bond donors (Lipinski definition) is 0. The molecule has 2 nitrogen and oxygen atoms in total. The predicted molar refractivity (Wildman–Crippen MR) is 98.4 cm³/mol. The Labute approximate surface area is 153 Å². The van der Waals surface area contributed by atoms with Gasteiger partial charge < -0.3 is 4.74 Å². The second kappa shape index (κ2) is 7.75. The summed E-state index contributed by atoms with van der Waals surface area (Å²) < 4.78 is 9.99. The van der Waals surface area contributed by atoms with Crippen molar-refractivity contribution >= 4 is 31.9 Å². The molecule has 23 heavy (non-hydrogen) atoms. The van der Waals surface area contributed by atoms with Crippen molar-refractivity contribution in [2.24, 2.45) is 0 Å². The van der Waals surface area contributed by atoms with Crippen LogP contribution in [-0.2, 0) is 13.2 Å². The third-order valence-electron chi connectivity index (χ3n) is 3.46. The Balaban J connectivity index is 1.62. The molecule has 0 saturated carbocycles. The van der Waals surface area contributed by atoms with E-state index in [4.69, 9.17) is 4.74 Å². The maximum Gasteiger partial charge on any atom is 0.173 e. The second-order valence-corrected chi connectivity index (χ2v) is 7.00. The summed E-state index contributed by atoms with van der Waals surface area (Å²) >= 11 is 6.96. The molecule has 0 unspecified atom stereocenters. The topological polar surface area (TPSA) is 13.1 Å². The van der Waals surface area contributed by atoms with Crippen LogP contribution in [0, 0.1) is 0 Å². The van der Waals surface area contributed by atoms with Gasteiger partial charge in [0.2, 0.25) is 0 Å². The van der Waals surface area contributed by atoms with Crippen LogP contribution in [0.25, 0.3) is 0 Å². The van der Waals surface area contributed by atoms with Crippen LogP contribution in [0.4, 0.5) is 0 Å². The van der Waals surface area contributed by atoms with Crippen molar-refractivity contribution in [3.05, 3.63) is 93.1 Å². The zero-order valence-electron chi connectivity index (χ0n) is 12.5. The smallest absolute Gasteiger partial charge is 0.173 e. The molecule has 0 fully saturated rings. The van der Waals surface area contributed by atoms with Crippen molar-refractivity contribution in [1.82, 2.24) is 0 Å². The molecule has 1 heterocycles. The summed E-state index contributed by atoms with van der Waals surface area (Å²) in [4.78, 5) is 0. The first kappa shape index (κ1) is 16.2. The van der Waals surface area contributed by atoms with E-state index >= 15 is 0 Å². The molecule has 0 atom stereocenters. The number of nitrogens with zero attached hydrogens (tertiary/aromatic N) is 1. The third kappa shape index (κ3) is 4.66. The van der Waals surface area contributed by atoms with Crippen molar-refractivity contribution in [2.75, 3.05) is 0 Å². The molecule has 0 aliphatic rings. The molecule has 3 rings (SSSR count). The predicted octanol–water partition coefficient (Wildman–Crippen LogP) is 5.13. The summed E-state index contributed by atoms with van der Waals surface area (Å²) in [6.07, 6.45) is 4.17. The number of aromatic nitrogens is 1. The number of hydrogen-bond acceptors (Lipinski definition) is 1. The van der Waals surface area contributed by atoms with Crippen LogP contribution in [0.15, 0.2) is 82.0 Å². The highest BCUT2D eigenvalue weighted by molar-refractivity contribution is 9.11. The van der Waals surface area contributed by atoms with Gasteiger partial charge in [-0.05, 0) is 34.1 Å². The first-order valence-corrected chi connectivity index (χ1v) is 8.89. The molecule has 0 aliphatic heterocycles. The number of ether oxygens (including phenoxy) is 1. The van der Waals surface area contributed by atoms with Crippen LogP contribution in [0.5, 0.6) is 5.75 Å². The number of rotatable bonds is 5. The fourth-order valence-corrected chi connectivity index (χ4v) is 2.93. The molecule has 0 radical (unpaired) electrons. The maximum atomic E-state index is 5.88. The van der Waals surface area contributed by atoms with E-state index in [2.05, 4.69) is 85.2 Å². The van der Waals surface area contributed by atoms with E-state index in [1.807, 2.05) is 24.3 Å². The van der Waals surface area contributed by atoms with Crippen LogP contribution in [0.2, 0.25) is 0 Å². The van der Waals surface area contributed by atoms with Gasteiger partial charge in [-0.2, -0.15) is 0 Å². The molecule has 0 saturated heterocycles. The Morgan fingerprint density at radius 3 is 2.30 bits per heavy atom. The van der Waals surface area contributed by atoms with Crippen molar-refractivity contribution in [3.8, 4) is 5.75 Å². The van der Waals surface area contributed by atoms with Crippen LogP contribution in [-0.4, -0.2) is 0 Å². The highest BCUT2D eigenvalue weighted by Gasteiger charge is 2.05. The van der Waals surface area contributed by atoms with Crippen molar-refractivity contribution < 1.29 is 9.30 Å². The van der Waals surface area contributed by atoms with E-state index in [-0.39, 0.29) is 0 Å². The van der Waals surface area contributed by atoms with Gasteiger partial charge in [-0.15, -0.1) is 0 Å². The van der Waals surface area contributed by atoms with Gasteiger partial charge in [0.15, 0.2) is 18.9 Å². The first-order chi connectivity index (χ1) is 11.2. The lowest BCUT2D eigenvalue weighted by Crippen LogP contribution is -2.33. The van der Waals surface area contributed by atoms with Gasteiger partial charge in [0, 0.05) is 27.7 Å². The lowest BCUT2D eigenvalue weighted by atomic mass is 10.2. The minimum atomic E-state index is 0.543. The summed E-state index contributed by atoms with van der Waals surface area (Å²) in [6.45, 7) is 1.42. The largest absolute Gasteiger partial charge is 0.488 e. The average Bonchev–Trinajstić information content (AvgIpc) is 2.58. The van der Waals surface area contributed by atoms with Gasteiger partial charge >= 0.3 is 0 Å². The van der Waals surface area contributed by atoms with Crippen molar-refractivity contribution in [1.29, 1.82) is 0 Å². The van der Waals surface area contributed by atoms with Gasteiger partial charge in [0.05, 0.1) is 4.47 Å². The molecule has 0 bridgehead atoms. The second-order valence-electron chi connectivity index (χ2n) is 5.23. The minimum Gasteiger partial charge on any atom is -0.488 e. The third-order valence-corrected chi connectivity index (χ3v) is 4.60. The highest BCUT2D eigenvalue weighted by atomic mass is 79.9. The summed E-state index contributed by atoms with van der Waals surface area (Å²) in [6, 6.07) is 20.5. The Hall–Kier alpha value is -1.65. The molecule has 3 aromatic rings. The molecule has 1 aromatic heterocycles. The Bertz CT molecular complexity index is 773. The summed E-state index contributed by atoms with van der Waals surface area (Å²) in [5.41, 5.74) is 2.43. The number of benzene rings is 2. The normalized spacial score (nSPS) is 10.5. The molecule has 4 heteroatoms. The Kier molecular flexibility index (Phi) is 5.47. The molecule has 0 amide bonds. The highest BCUT2D eigenvalue weighted by Crippen LogP contribution is 2.28. The molecular formula is C19H16Br2NO+. The average molecular weight is 434 g/mol. The van der Waals surface area contributed by atoms with Crippen molar-refractivity contribution in [2.45, 2.75) is 13.2 Å². The standard InChI is InChI=1S/C19H16Br2NO/c20-17-6-7-18(21)19(12-17)23-14-16-8-10-22(11-9-16)13-15-4-2-1-3-5-15/h1-12H,13-14H2/q+1. The number of pyridine rings is 1. The zero-order valence-corrected chi connectivity index (χ0v) is 15.6. The van der Waals surface area contributed by atoms with Crippen molar-refractivity contribution in [3.63, 3.8) is 0 Å². The lowest BCUT2D eigenvalue weighted by Gasteiger charge is -2.08. The van der Waals surface area contributed by atoms with Crippen LogP contribution in [0.1, 0.15) is 11.1 Å². The molecule has 0 N–H and O–H groups in total. The number of halogens is 2. The molecule has 2 aromatic carbocycles. The summed E-state index contributed by atoms with van der Waals surface area (Å²) in [5, 5.41) is 0. The van der Waals surface area contributed by atoms with Gasteiger partial charge in [0.1, 0.15) is 12.4 Å². The zero-order chi connectivity index (χ0) is 16.1. The monoisotopic (exact) mass is 432 g/mol. The minimum absolute atomic E-state index is 0.543. The molecular weight excluding hydrogens is 418 g/mol. The van der Waals surface area contributed by atoms with Gasteiger partial charge in [-0.1, -0.05) is 46.3 Å². The SMILES string of the molecule is Brc1ccc(Br)c(OCc2cc[n+](Cc3ccccc3)cc2)c1. The Morgan fingerprint density at radius 1 is 0.826 bits per heavy atom. The summed E-state index contributed by atoms with van der Waals surface area (Å²) in [7, 11) is 0. The van der Waals surface area contributed by atoms with E-state index in [9.17, 15) is 0 Å². The van der Waals surface area contributed by atoms with E-state index in [0.29, 0.717) is 6.61 Å². The van der Waals surface area contributed by atoms with Gasteiger partial charge in [-0.3, -0.25) is 0 Å². The fraction of sp³-hybridized carbons (Fsp3) is 0.105. The van der Waals surface area contributed by atoms with Gasteiger partial charge in [0.25, 0.3) is 0 Å². The van der Waals surface area contributed by atoms with E-state index < -0.39 is 0 Å². The molecule has 116 valence electrons. The lowest BCUT2D eigenvalue weighted by molar-refractivity contribution is -0.688. The quantitative estimate of drug-likeness (QED) is 0.508. The van der Waals surface area contributed by atoms with E-state index in [0.717, 1.165) is 26.8 Å². The van der Waals surface area contributed by atoms with E-state index in [1.54, 1.807) is 0 Å². The molecule has 0 aliphatic carbocycles. The van der Waals surface area contributed by atoms with Gasteiger partial charge in [-0.25, -0.2) is 4.57 Å². The Morgan fingerprint density at radius 2 is 1.57 bits per heavy atom. The van der Waals surface area contributed by atoms with Crippen LogP contribution >= 0.6 is 31.9 Å². The van der Waals surface area contributed by atoms with E-state index in [1.165, 1.54) is 5.56 Å². The summed E-state index contributed by atoms with van der Waals surface area (Å²) in [5.74, 6) is 0.834. The van der Waals surface area contributed by atoms with Crippen LogP contribution in [0.3, 0.4) is 0 Å².